The van der Waals surface area contributed by atoms with Gasteiger partial charge in [-0.25, -0.2) is 0 Å². The molecule has 7 heteroatoms. The maximum atomic E-state index is 10.6. The third kappa shape index (κ3) is 26.3. The molecule has 3 heterocycles. The lowest BCUT2D eigenvalue weighted by atomic mass is 10.3. The number of carbonyl (C=O) groups is 2. The Bertz CT molecular complexity index is 730. The number of Topliss-reactive ketones (excluding diaryl/α,β-unsaturated/α-hetero) is 1. The highest BCUT2D eigenvalue weighted by atomic mass is 128. The fourth-order valence-electron chi connectivity index (χ4n) is 1.46. The number of rotatable bonds is 2. The van der Waals surface area contributed by atoms with Gasteiger partial charge in [0, 0.05) is 68.4 Å². The Labute approximate surface area is 218 Å². The predicted octanol–water partition coefficient (Wildman–Crippen LogP) is 8.42. The summed E-state index contributed by atoms with van der Waals surface area (Å²) in [6.07, 6.45) is 5.70. The van der Waals surface area contributed by atoms with Gasteiger partial charge in [-0.05, 0) is 43.3 Å². The first-order chi connectivity index (χ1) is 15.6. The van der Waals surface area contributed by atoms with E-state index in [1.165, 1.54) is 6.92 Å². The number of aldehydes is 1. The summed E-state index contributed by atoms with van der Waals surface area (Å²) in [6, 6.07) is 16.3. The molecule has 0 N–H and O–H groups in total. The first-order valence-corrected chi connectivity index (χ1v) is 16.7. The van der Waals surface area contributed by atoms with Gasteiger partial charge < -0.3 is 0 Å². The van der Waals surface area contributed by atoms with Gasteiger partial charge in [0.25, 0.3) is 0 Å². The zero-order valence-corrected chi connectivity index (χ0v) is 24.7. The zero-order valence-electron chi connectivity index (χ0n) is 20.4. The van der Waals surface area contributed by atoms with Crippen LogP contribution in [0.2, 0.25) is 0 Å². The van der Waals surface area contributed by atoms with E-state index in [1.54, 1.807) is 55.0 Å². The average molecular weight is 665 g/mol. The van der Waals surface area contributed by atoms with Crippen LogP contribution >= 0.6 is 37.2 Å². The van der Waals surface area contributed by atoms with Crippen LogP contribution in [0.1, 0.15) is 75.1 Å². The summed E-state index contributed by atoms with van der Waals surface area (Å²) in [5.74, 6) is 0.00981. The summed E-state index contributed by atoms with van der Waals surface area (Å²) in [5.41, 5.74) is 2.08. The summed E-state index contributed by atoms with van der Waals surface area (Å²) in [7, 11) is 0. The molecule has 0 atom stereocenters. The Morgan fingerprint density at radius 2 is 1.16 bits per heavy atom. The average Bonchev–Trinajstić information content (AvgIpc) is 2.91. The van der Waals surface area contributed by atoms with E-state index >= 15 is 0 Å². The smallest absolute Gasteiger partial charge is 0.178 e. The van der Waals surface area contributed by atoms with Crippen LogP contribution in [0.25, 0.3) is 0 Å². The van der Waals surface area contributed by atoms with Gasteiger partial charge in [-0.15, -0.1) is 0 Å². The van der Waals surface area contributed by atoms with Crippen LogP contribution in [0, 0.1) is 6.92 Å². The first kappa shape index (κ1) is 37.6. The molecule has 0 fully saturated rings. The Hall–Kier alpha value is -1.75. The van der Waals surface area contributed by atoms with Crippen LogP contribution < -0.4 is 0 Å². The summed E-state index contributed by atoms with van der Waals surface area (Å²) >= 11 is 4.24. The number of carbonyl (C=O) groups excluding carboxylic acids is 2. The van der Waals surface area contributed by atoms with Crippen LogP contribution in [0.5, 0.6) is 0 Å². The Morgan fingerprint density at radius 1 is 0.719 bits per heavy atom. The molecule has 0 amide bonds. The molecule has 0 saturated carbocycles. The zero-order chi connectivity index (χ0) is 25.6. The highest BCUT2D eigenvalue weighted by Crippen LogP contribution is 1.92. The first-order valence-electron chi connectivity index (χ1n) is 10.4. The third-order valence-corrected chi connectivity index (χ3v) is 2.65. The minimum atomic E-state index is 0.00981. The molecule has 178 valence electrons. The van der Waals surface area contributed by atoms with Gasteiger partial charge in [-0.3, -0.25) is 24.5 Å². The second-order valence-electron chi connectivity index (χ2n) is 4.61. The lowest BCUT2D eigenvalue weighted by Crippen LogP contribution is -1.93. The molecular weight excluding hydrogens is 628 g/mol. The highest BCUT2D eigenvalue weighted by molar-refractivity contribution is 15.0. The van der Waals surface area contributed by atoms with Gasteiger partial charge >= 0.3 is 0 Å². The number of pyridine rings is 3. The molecular formula is C25H37I2N3O2. The standard InChI is InChI=1S/C7H7NO.C6H5NO.C6H7N.3C2H6.I2/c1-6(9)7-4-2-3-5-8-7;8-5-6-3-1-2-4-7-6;1-6-4-2-3-5-7-6;4*1-2/h2-5H,1H3;1-5H;2-5H,1H3;3*1-2H3;. The van der Waals surface area contributed by atoms with Crippen molar-refractivity contribution >= 4 is 49.3 Å². The van der Waals surface area contributed by atoms with Gasteiger partial charge in [0.15, 0.2) is 12.1 Å². The largest absolute Gasteiger partial charge is 0.296 e. The fourth-order valence-corrected chi connectivity index (χ4v) is 1.46. The van der Waals surface area contributed by atoms with Crippen molar-refractivity contribution in [1.82, 2.24) is 15.0 Å². The number of hydrogen-bond donors (Lipinski definition) is 0. The molecule has 5 nitrogen and oxygen atoms in total. The molecule has 0 aliphatic carbocycles. The van der Waals surface area contributed by atoms with E-state index in [1.807, 2.05) is 66.7 Å². The quantitative estimate of drug-likeness (QED) is 0.156. The summed E-state index contributed by atoms with van der Waals surface area (Å²) in [5, 5.41) is 0. The second kappa shape index (κ2) is 33.9. The van der Waals surface area contributed by atoms with E-state index in [-0.39, 0.29) is 5.78 Å². The number of nitrogens with zero attached hydrogens (tertiary/aromatic N) is 3. The maximum Gasteiger partial charge on any atom is 0.178 e. The van der Waals surface area contributed by atoms with E-state index < -0.39 is 0 Å². The Morgan fingerprint density at radius 3 is 1.34 bits per heavy atom. The van der Waals surface area contributed by atoms with Gasteiger partial charge in [-0.2, -0.15) is 0 Å². The van der Waals surface area contributed by atoms with Crippen LogP contribution in [0.4, 0.5) is 0 Å². The third-order valence-electron chi connectivity index (χ3n) is 2.65. The lowest BCUT2D eigenvalue weighted by Gasteiger charge is -1.88. The van der Waals surface area contributed by atoms with Crippen molar-refractivity contribution in [3.05, 3.63) is 90.3 Å². The Balaban J connectivity index is -0.000000159. The van der Waals surface area contributed by atoms with Gasteiger partial charge in [0.1, 0.15) is 11.4 Å². The normalized spacial score (nSPS) is 7.31. The van der Waals surface area contributed by atoms with Gasteiger partial charge in [-0.1, -0.05) is 59.7 Å². The molecule has 3 rings (SSSR count). The summed E-state index contributed by atoms with van der Waals surface area (Å²) in [6.45, 7) is 15.5. The minimum absolute atomic E-state index is 0.00981. The van der Waals surface area contributed by atoms with Crippen LogP contribution in [0.3, 0.4) is 0 Å². The molecule has 0 aromatic carbocycles. The fraction of sp³-hybridized carbons (Fsp3) is 0.320. The van der Waals surface area contributed by atoms with Gasteiger partial charge in [0.2, 0.25) is 0 Å². The monoisotopic (exact) mass is 665 g/mol. The molecule has 0 spiro atoms. The number of ketones is 1. The van der Waals surface area contributed by atoms with Crippen molar-refractivity contribution in [1.29, 1.82) is 0 Å². The Kier molecular flexibility index (Phi) is 39.8. The predicted molar refractivity (Wildman–Crippen MR) is 155 cm³/mol. The maximum absolute atomic E-state index is 10.6. The molecule has 0 aliphatic heterocycles. The van der Waals surface area contributed by atoms with Crippen molar-refractivity contribution in [2.45, 2.75) is 55.4 Å². The topological polar surface area (TPSA) is 72.8 Å². The van der Waals surface area contributed by atoms with Crippen molar-refractivity contribution in [2.24, 2.45) is 0 Å². The van der Waals surface area contributed by atoms with Crippen molar-refractivity contribution in [3.63, 3.8) is 0 Å². The van der Waals surface area contributed by atoms with Crippen LogP contribution in [0.15, 0.2) is 73.2 Å². The summed E-state index contributed by atoms with van der Waals surface area (Å²) in [4.78, 5) is 32.1. The SMILES string of the molecule is CC.CC.CC.CC(=O)c1ccccn1.Cc1ccccn1.II.O=Cc1ccccn1. The molecule has 0 saturated heterocycles. The number of aryl methyl sites for hydroxylation is 1. The van der Waals surface area contributed by atoms with Crippen molar-refractivity contribution in [3.8, 4) is 0 Å². The highest BCUT2D eigenvalue weighted by Gasteiger charge is 1.94. The summed E-state index contributed by atoms with van der Waals surface area (Å²) < 4.78 is 0. The second-order valence-corrected chi connectivity index (χ2v) is 4.61. The molecule has 32 heavy (non-hydrogen) atoms. The minimum Gasteiger partial charge on any atom is -0.296 e. The van der Waals surface area contributed by atoms with Gasteiger partial charge in [0.05, 0.1) is 0 Å². The lowest BCUT2D eigenvalue weighted by molar-refractivity contribution is 0.101. The van der Waals surface area contributed by atoms with Crippen molar-refractivity contribution < 1.29 is 9.59 Å². The number of halogens is 2. The number of hydrogen-bond acceptors (Lipinski definition) is 5. The van der Waals surface area contributed by atoms with E-state index in [0.717, 1.165) is 12.0 Å². The van der Waals surface area contributed by atoms with E-state index in [0.29, 0.717) is 11.4 Å². The van der Waals surface area contributed by atoms with E-state index in [4.69, 9.17) is 0 Å². The molecule has 3 aromatic heterocycles. The molecule has 0 aliphatic rings. The molecule has 3 aromatic rings. The van der Waals surface area contributed by atoms with Crippen LogP contribution in [-0.4, -0.2) is 27.0 Å². The van der Waals surface area contributed by atoms with Crippen molar-refractivity contribution in [2.75, 3.05) is 0 Å². The van der Waals surface area contributed by atoms with Crippen LogP contribution in [-0.2, 0) is 0 Å². The van der Waals surface area contributed by atoms with E-state index in [2.05, 4.69) is 52.2 Å². The van der Waals surface area contributed by atoms with E-state index in [9.17, 15) is 9.59 Å². The molecule has 0 unspecified atom stereocenters. The number of aromatic nitrogens is 3. The molecule has 0 radical (unpaired) electrons. The molecule has 0 bridgehead atoms.